The molecule has 0 aliphatic heterocycles. The van der Waals surface area contributed by atoms with Crippen LogP contribution in [0.2, 0.25) is 0 Å². The minimum absolute atomic E-state index is 0.175. The molecule has 0 aliphatic carbocycles. The molecule has 1 heterocycles. The second-order valence-electron chi connectivity index (χ2n) is 4.61. The summed E-state index contributed by atoms with van der Waals surface area (Å²) < 4.78 is 4.87. The van der Waals surface area contributed by atoms with Crippen molar-refractivity contribution < 1.29 is 9.53 Å². The Kier molecular flexibility index (Phi) is 4.16. The van der Waals surface area contributed by atoms with E-state index in [0.717, 1.165) is 16.6 Å². The molecule has 0 spiro atoms. The first-order valence-electron chi connectivity index (χ1n) is 6.75. The maximum atomic E-state index is 11.5. The minimum atomic E-state index is -0.528. The van der Waals surface area contributed by atoms with Gasteiger partial charge in [-0.05, 0) is 16.8 Å². The number of amides is 1. The van der Waals surface area contributed by atoms with Crippen LogP contribution >= 0.6 is 11.3 Å². The average Bonchev–Trinajstić information content (AvgIpc) is 3.01. The van der Waals surface area contributed by atoms with Gasteiger partial charge in [-0.15, -0.1) is 11.3 Å². The van der Waals surface area contributed by atoms with Gasteiger partial charge in [-0.1, -0.05) is 49.1 Å². The van der Waals surface area contributed by atoms with Gasteiger partial charge in [0.25, 0.3) is 0 Å². The average molecular weight is 310 g/mol. The third-order valence-electron chi connectivity index (χ3n) is 3.09. The maximum absolute atomic E-state index is 11.5. The quantitative estimate of drug-likeness (QED) is 0.711. The molecule has 0 bridgehead atoms. The summed E-state index contributed by atoms with van der Waals surface area (Å²) in [4.78, 5) is 15.9. The number of rotatable bonds is 4. The Morgan fingerprint density at radius 3 is 2.91 bits per heavy atom. The van der Waals surface area contributed by atoms with Crippen molar-refractivity contribution in [1.29, 1.82) is 0 Å². The van der Waals surface area contributed by atoms with Crippen molar-refractivity contribution >= 4 is 33.3 Å². The molecule has 1 amide bonds. The number of carbonyl (C=O) groups is 1. The first kappa shape index (κ1) is 14.3. The fourth-order valence-electron chi connectivity index (χ4n) is 2.07. The van der Waals surface area contributed by atoms with Crippen LogP contribution in [0, 0.1) is 0 Å². The molecule has 110 valence electrons. The van der Waals surface area contributed by atoms with Crippen LogP contribution in [-0.4, -0.2) is 17.7 Å². The van der Waals surface area contributed by atoms with Crippen molar-refractivity contribution in [2.24, 2.45) is 0 Å². The van der Waals surface area contributed by atoms with Gasteiger partial charge >= 0.3 is 6.09 Å². The third-order valence-corrected chi connectivity index (χ3v) is 3.85. The summed E-state index contributed by atoms with van der Waals surface area (Å²) in [5, 5.41) is 7.37. The van der Waals surface area contributed by atoms with E-state index in [-0.39, 0.29) is 6.61 Å². The largest absolute Gasteiger partial charge is 0.445 e. The first-order valence-corrected chi connectivity index (χ1v) is 7.63. The molecule has 1 aromatic heterocycles. The van der Waals surface area contributed by atoms with Gasteiger partial charge in [-0.25, -0.2) is 9.78 Å². The van der Waals surface area contributed by atoms with Gasteiger partial charge in [0, 0.05) is 10.9 Å². The third kappa shape index (κ3) is 3.15. The van der Waals surface area contributed by atoms with Crippen molar-refractivity contribution in [2.45, 2.75) is 0 Å². The van der Waals surface area contributed by atoms with Crippen LogP contribution in [0.5, 0.6) is 0 Å². The number of nitrogens with one attached hydrogen (secondary N) is 1. The van der Waals surface area contributed by atoms with E-state index in [0.29, 0.717) is 5.13 Å². The Bertz CT molecular complexity index is 826. The molecule has 3 aromatic rings. The molecule has 22 heavy (non-hydrogen) atoms. The Labute approximate surface area is 132 Å². The molecule has 0 aliphatic rings. The van der Waals surface area contributed by atoms with E-state index in [9.17, 15) is 4.79 Å². The lowest BCUT2D eigenvalue weighted by atomic mass is 10.1. The summed E-state index contributed by atoms with van der Waals surface area (Å²) in [6, 6.07) is 14.3. The van der Waals surface area contributed by atoms with E-state index in [1.807, 2.05) is 23.6 Å². The van der Waals surface area contributed by atoms with Gasteiger partial charge in [0.1, 0.15) is 6.61 Å². The van der Waals surface area contributed by atoms with Crippen LogP contribution in [0.1, 0.15) is 0 Å². The number of nitrogens with zero attached hydrogens (tertiary/aromatic N) is 1. The minimum Gasteiger partial charge on any atom is -0.445 e. The number of hydrogen-bond acceptors (Lipinski definition) is 4. The zero-order valence-electron chi connectivity index (χ0n) is 11.8. The molecule has 0 saturated heterocycles. The second-order valence-corrected chi connectivity index (χ2v) is 5.47. The standard InChI is InChI=1S/C17H14N2O2S/c1-2-9-21-17(20)19-16-18-15(11-22-16)14-8-7-12-5-3-4-6-13(12)10-14/h2-8,10-11H,1,9H2,(H,18,19,20). The van der Waals surface area contributed by atoms with Crippen molar-refractivity contribution in [3.8, 4) is 11.3 Å². The number of fused-ring (bicyclic) bond motifs is 1. The van der Waals surface area contributed by atoms with Gasteiger partial charge in [0.2, 0.25) is 0 Å². The predicted octanol–water partition coefficient (Wildman–Crippen LogP) is 4.70. The van der Waals surface area contributed by atoms with Gasteiger partial charge in [0.15, 0.2) is 5.13 Å². The fraction of sp³-hybridized carbons (Fsp3) is 0.0588. The SMILES string of the molecule is C=CCOC(=O)Nc1nc(-c2ccc3ccccc3c2)cs1. The first-order chi connectivity index (χ1) is 10.8. The molecular weight excluding hydrogens is 296 g/mol. The number of carbonyl (C=O) groups excluding carboxylic acids is 1. The predicted molar refractivity (Wildman–Crippen MR) is 90.2 cm³/mol. The van der Waals surface area contributed by atoms with Crippen molar-refractivity contribution in [2.75, 3.05) is 11.9 Å². The van der Waals surface area contributed by atoms with Crippen LogP contribution in [0.25, 0.3) is 22.0 Å². The van der Waals surface area contributed by atoms with Gasteiger partial charge < -0.3 is 4.74 Å². The molecule has 3 rings (SSSR count). The highest BCUT2D eigenvalue weighted by Gasteiger charge is 2.08. The van der Waals surface area contributed by atoms with E-state index in [1.54, 1.807) is 0 Å². The lowest BCUT2D eigenvalue weighted by Crippen LogP contribution is -2.13. The highest BCUT2D eigenvalue weighted by molar-refractivity contribution is 7.14. The lowest BCUT2D eigenvalue weighted by molar-refractivity contribution is 0.174. The summed E-state index contributed by atoms with van der Waals surface area (Å²) in [6.45, 7) is 3.67. The van der Waals surface area contributed by atoms with E-state index in [1.165, 1.54) is 22.8 Å². The molecule has 5 heteroatoms. The molecule has 0 saturated carbocycles. The monoisotopic (exact) mass is 310 g/mol. The molecule has 0 fully saturated rings. The van der Waals surface area contributed by atoms with E-state index in [4.69, 9.17) is 4.74 Å². The fourth-order valence-corrected chi connectivity index (χ4v) is 2.78. The van der Waals surface area contributed by atoms with Crippen molar-refractivity contribution in [1.82, 2.24) is 4.98 Å². The summed E-state index contributed by atoms with van der Waals surface area (Å²) in [6.07, 6.45) is 0.987. The number of benzene rings is 2. The van der Waals surface area contributed by atoms with Crippen molar-refractivity contribution in [3.63, 3.8) is 0 Å². The van der Waals surface area contributed by atoms with Crippen LogP contribution < -0.4 is 5.32 Å². The Hall–Kier alpha value is -2.66. The summed E-state index contributed by atoms with van der Waals surface area (Å²) in [5.41, 5.74) is 1.84. The van der Waals surface area contributed by atoms with E-state index in [2.05, 4.69) is 41.1 Å². The number of thiazole rings is 1. The number of anilines is 1. The summed E-state index contributed by atoms with van der Waals surface area (Å²) in [7, 11) is 0. The lowest BCUT2D eigenvalue weighted by Gasteiger charge is -2.02. The molecule has 0 atom stereocenters. The highest BCUT2D eigenvalue weighted by atomic mass is 32.1. The van der Waals surface area contributed by atoms with Gasteiger partial charge in [0.05, 0.1) is 5.69 Å². The summed E-state index contributed by atoms with van der Waals surface area (Å²) >= 11 is 1.36. The smallest absolute Gasteiger partial charge is 0.413 e. The Balaban J connectivity index is 1.79. The molecule has 1 N–H and O–H groups in total. The summed E-state index contributed by atoms with van der Waals surface area (Å²) in [5.74, 6) is 0. The number of hydrogen-bond donors (Lipinski definition) is 1. The second kappa shape index (κ2) is 6.41. The van der Waals surface area contributed by atoms with Crippen LogP contribution in [0.3, 0.4) is 0 Å². The molecule has 2 aromatic carbocycles. The van der Waals surface area contributed by atoms with Gasteiger partial charge in [-0.3, -0.25) is 5.32 Å². The number of ether oxygens (including phenoxy) is 1. The Morgan fingerprint density at radius 1 is 1.27 bits per heavy atom. The van der Waals surface area contributed by atoms with Crippen LogP contribution in [-0.2, 0) is 4.74 Å². The molecule has 0 unspecified atom stereocenters. The highest BCUT2D eigenvalue weighted by Crippen LogP contribution is 2.27. The van der Waals surface area contributed by atoms with E-state index >= 15 is 0 Å². The Morgan fingerprint density at radius 2 is 2.09 bits per heavy atom. The maximum Gasteiger partial charge on any atom is 0.413 e. The number of aromatic nitrogens is 1. The normalized spacial score (nSPS) is 10.4. The van der Waals surface area contributed by atoms with Crippen LogP contribution in [0.15, 0.2) is 60.5 Å². The molecule has 4 nitrogen and oxygen atoms in total. The zero-order valence-corrected chi connectivity index (χ0v) is 12.6. The topological polar surface area (TPSA) is 51.2 Å². The van der Waals surface area contributed by atoms with E-state index < -0.39 is 6.09 Å². The molecule has 0 radical (unpaired) electrons. The van der Waals surface area contributed by atoms with Crippen LogP contribution in [0.4, 0.5) is 9.93 Å². The zero-order chi connectivity index (χ0) is 15.4. The van der Waals surface area contributed by atoms with Crippen molar-refractivity contribution in [3.05, 3.63) is 60.5 Å². The molecular formula is C17H14N2O2S. The van der Waals surface area contributed by atoms with Gasteiger partial charge in [-0.2, -0.15) is 0 Å².